The molecule has 2 aromatic carbocycles. The van der Waals surface area contributed by atoms with Crippen LogP contribution in [0.25, 0.3) is 12.2 Å². The van der Waals surface area contributed by atoms with E-state index in [1.54, 1.807) is 0 Å². The molecular weight excluding hydrogens is 544 g/mol. The zero-order chi connectivity index (χ0) is 30.2. The summed E-state index contributed by atoms with van der Waals surface area (Å²) < 4.78 is 12.0. The van der Waals surface area contributed by atoms with Gasteiger partial charge in [0.1, 0.15) is 11.5 Å². The van der Waals surface area contributed by atoms with Gasteiger partial charge in [-0.1, -0.05) is 49.9 Å². The van der Waals surface area contributed by atoms with Crippen molar-refractivity contribution in [3.05, 3.63) is 70.8 Å². The van der Waals surface area contributed by atoms with Gasteiger partial charge in [-0.2, -0.15) is 0 Å². The first-order valence-electron chi connectivity index (χ1n) is 17.6. The summed E-state index contributed by atoms with van der Waals surface area (Å²) in [6.45, 7) is 8.95. The van der Waals surface area contributed by atoms with Crippen LogP contribution < -0.4 is 9.47 Å². The number of rotatable bonds is 14. The highest BCUT2D eigenvalue weighted by atomic mass is 16.5. The van der Waals surface area contributed by atoms with Crippen LogP contribution >= 0.6 is 0 Å². The van der Waals surface area contributed by atoms with Crippen LogP contribution in [0.3, 0.4) is 0 Å². The van der Waals surface area contributed by atoms with E-state index < -0.39 is 0 Å². The number of likely N-dealkylation sites (tertiary alicyclic amines) is 2. The number of ether oxygens (including phenoxy) is 2. The lowest BCUT2D eigenvalue weighted by Crippen LogP contribution is -2.25. The number of unbranched alkanes of at least 4 members (excludes halogenated alkanes) is 2. The van der Waals surface area contributed by atoms with Crippen LogP contribution in [0.15, 0.2) is 59.7 Å². The molecule has 0 N–H and O–H groups in total. The zero-order valence-electron chi connectivity index (χ0n) is 26.9. The number of allylic oxidation sites excluding steroid dienone is 2. The Morgan fingerprint density at radius 3 is 1.30 bits per heavy atom. The minimum atomic E-state index is 0.166. The first-order chi connectivity index (χ1) is 21.7. The number of carbonyl (C=O) groups excluding carboxylic acids is 1. The van der Waals surface area contributed by atoms with E-state index in [-0.39, 0.29) is 5.78 Å². The smallest absolute Gasteiger partial charge is 0.185 e. The Morgan fingerprint density at radius 1 is 0.523 bits per heavy atom. The lowest BCUT2D eigenvalue weighted by atomic mass is 10.1. The third kappa shape index (κ3) is 10.9. The normalized spacial score (nSPS) is 20.6. The molecule has 0 spiro atoms. The molecule has 5 rings (SSSR count). The summed E-state index contributed by atoms with van der Waals surface area (Å²) in [5, 5.41) is 0. The molecule has 3 fully saturated rings. The number of hydrogen-bond donors (Lipinski definition) is 0. The Labute approximate surface area is 266 Å². The summed E-state index contributed by atoms with van der Waals surface area (Å²) in [7, 11) is 0. The summed E-state index contributed by atoms with van der Waals surface area (Å²) in [6.07, 6.45) is 21.2. The van der Waals surface area contributed by atoms with Gasteiger partial charge in [0.15, 0.2) is 5.78 Å². The third-order valence-electron chi connectivity index (χ3n) is 9.36. The van der Waals surface area contributed by atoms with Crippen LogP contribution in [0.2, 0.25) is 0 Å². The van der Waals surface area contributed by atoms with Gasteiger partial charge in [0, 0.05) is 11.1 Å². The fraction of sp³-hybridized carbons (Fsp3) is 0.564. The molecule has 2 saturated heterocycles. The monoisotopic (exact) mass is 598 g/mol. The molecule has 1 saturated carbocycles. The van der Waals surface area contributed by atoms with E-state index in [1.807, 2.05) is 36.4 Å². The number of benzene rings is 2. The quantitative estimate of drug-likeness (QED) is 0.161. The second-order valence-electron chi connectivity index (χ2n) is 12.9. The molecule has 2 aromatic rings. The van der Waals surface area contributed by atoms with Crippen molar-refractivity contribution in [2.75, 3.05) is 52.5 Å². The summed E-state index contributed by atoms with van der Waals surface area (Å²) in [5.74, 6) is 1.97. The highest BCUT2D eigenvalue weighted by Gasteiger charge is 2.23. The predicted molar refractivity (Wildman–Crippen MR) is 182 cm³/mol. The molecule has 0 aromatic heterocycles. The van der Waals surface area contributed by atoms with Gasteiger partial charge in [-0.15, -0.1) is 0 Å². The van der Waals surface area contributed by atoms with Gasteiger partial charge in [-0.05, 0) is 151 Å². The molecular formula is C39H54N2O3. The third-order valence-corrected chi connectivity index (χ3v) is 9.36. The summed E-state index contributed by atoms with van der Waals surface area (Å²) in [5.41, 5.74) is 3.88. The van der Waals surface area contributed by atoms with Crippen molar-refractivity contribution >= 4 is 17.9 Å². The largest absolute Gasteiger partial charge is 0.494 e. The molecule has 0 amide bonds. The molecule has 2 aliphatic heterocycles. The van der Waals surface area contributed by atoms with Gasteiger partial charge in [-0.3, -0.25) is 4.79 Å². The molecule has 238 valence electrons. The molecule has 2 heterocycles. The zero-order valence-corrected chi connectivity index (χ0v) is 26.9. The van der Waals surface area contributed by atoms with Crippen LogP contribution in [-0.2, 0) is 4.79 Å². The van der Waals surface area contributed by atoms with Gasteiger partial charge in [-0.25, -0.2) is 0 Å². The minimum absolute atomic E-state index is 0.166. The fourth-order valence-electron chi connectivity index (χ4n) is 6.68. The van der Waals surface area contributed by atoms with E-state index in [2.05, 4.69) is 34.1 Å². The fourth-order valence-corrected chi connectivity index (χ4v) is 6.68. The standard InChI is InChI=1S/C39H54N2O3/c42-39-35(31-33-13-19-37(20-14-33)43-29-11-9-27-40-23-5-1-2-6-24-40)17-18-36(39)32-34-15-21-38(22-16-34)44-30-12-10-28-41-25-7-3-4-8-26-41/h13-16,19-22,31-32H,1-12,17-18,23-30H2/b35-31+,36-32+. The SMILES string of the molecule is O=C1/C(=C/c2ccc(OCCCCN3CCCCCC3)cc2)CC/C1=C\c1ccc(OCCCCN2CCCCCC2)cc1. The highest BCUT2D eigenvalue weighted by Crippen LogP contribution is 2.30. The molecule has 0 radical (unpaired) electrons. The maximum absolute atomic E-state index is 13.1. The first kappa shape index (κ1) is 32.5. The average Bonchev–Trinajstić information content (AvgIpc) is 3.28. The van der Waals surface area contributed by atoms with Gasteiger partial charge in [0.25, 0.3) is 0 Å². The van der Waals surface area contributed by atoms with Gasteiger partial charge < -0.3 is 19.3 Å². The number of carbonyl (C=O) groups is 1. The Hall–Kier alpha value is -2.89. The van der Waals surface area contributed by atoms with E-state index in [0.717, 1.165) is 72.7 Å². The number of ketones is 1. The number of hydrogen-bond acceptors (Lipinski definition) is 5. The molecule has 44 heavy (non-hydrogen) atoms. The van der Waals surface area contributed by atoms with E-state index in [9.17, 15) is 4.79 Å². The molecule has 5 heteroatoms. The van der Waals surface area contributed by atoms with Crippen molar-refractivity contribution in [2.45, 2.75) is 89.9 Å². The maximum Gasteiger partial charge on any atom is 0.185 e. The Morgan fingerprint density at radius 2 is 0.909 bits per heavy atom. The topological polar surface area (TPSA) is 42.0 Å². The van der Waals surface area contributed by atoms with Crippen molar-refractivity contribution in [1.82, 2.24) is 9.80 Å². The van der Waals surface area contributed by atoms with Crippen molar-refractivity contribution in [2.24, 2.45) is 0 Å². The Kier molecular flexibility index (Phi) is 13.4. The Bertz CT molecular complexity index is 1090. The average molecular weight is 599 g/mol. The maximum atomic E-state index is 13.1. The van der Waals surface area contributed by atoms with E-state index in [1.165, 1.54) is 103 Å². The van der Waals surface area contributed by atoms with Crippen molar-refractivity contribution in [3.8, 4) is 11.5 Å². The lowest BCUT2D eigenvalue weighted by molar-refractivity contribution is -0.111. The number of nitrogens with zero attached hydrogens (tertiary/aromatic N) is 2. The van der Waals surface area contributed by atoms with Gasteiger partial charge in [0.05, 0.1) is 13.2 Å². The summed E-state index contributed by atoms with van der Waals surface area (Å²) in [4.78, 5) is 18.4. The minimum Gasteiger partial charge on any atom is -0.494 e. The van der Waals surface area contributed by atoms with E-state index in [0.29, 0.717) is 0 Å². The van der Waals surface area contributed by atoms with Crippen LogP contribution in [0.5, 0.6) is 11.5 Å². The summed E-state index contributed by atoms with van der Waals surface area (Å²) in [6, 6.07) is 16.3. The predicted octanol–water partition coefficient (Wildman–Crippen LogP) is 8.59. The molecule has 0 unspecified atom stereocenters. The first-order valence-corrected chi connectivity index (χ1v) is 17.6. The molecule has 1 aliphatic carbocycles. The molecule has 3 aliphatic rings. The van der Waals surface area contributed by atoms with E-state index >= 15 is 0 Å². The van der Waals surface area contributed by atoms with Crippen LogP contribution in [0.4, 0.5) is 0 Å². The van der Waals surface area contributed by atoms with Crippen molar-refractivity contribution < 1.29 is 14.3 Å². The van der Waals surface area contributed by atoms with Gasteiger partial charge in [0.2, 0.25) is 0 Å². The number of Topliss-reactive ketones (excluding diaryl/α,β-unsaturated/α-hetero) is 1. The summed E-state index contributed by atoms with van der Waals surface area (Å²) >= 11 is 0. The molecule has 5 nitrogen and oxygen atoms in total. The van der Waals surface area contributed by atoms with Crippen molar-refractivity contribution in [3.63, 3.8) is 0 Å². The molecule has 0 bridgehead atoms. The Balaban J connectivity index is 1.00. The molecule has 0 atom stereocenters. The van der Waals surface area contributed by atoms with Gasteiger partial charge >= 0.3 is 0 Å². The van der Waals surface area contributed by atoms with E-state index in [4.69, 9.17) is 9.47 Å². The van der Waals surface area contributed by atoms with Crippen molar-refractivity contribution in [1.29, 1.82) is 0 Å². The lowest BCUT2D eigenvalue weighted by Gasteiger charge is -2.19. The van der Waals surface area contributed by atoms with Crippen LogP contribution in [0, 0.1) is 0 Å². The second kappa shape index (κ2) is 18.2. The van der Waals surface area contributed by atoms with Crippen LogP contribution in [-0.4, -0.2) is 68.1 Å². The van der Waals surface area contributed by atoms with Crippen LogP contribution in [0.1, 0.15) is 101 Å². The highest BCUT2D eigenvalue weighted by molar-refractivity contribution is 6.15. The second-order valence-corrected chi connectivity index (χ2v) is 12.9.